The molecule has 264 valence electrons. The molecule has 0 unspecified atom stereocenters. The zero-order chi connectivity index (χ0) is 37.0. The van der Waals surface area contributed by atoms with E-state index in [2.05, 4.69) is 89.5 Å². The summed E-state index contributed by atoms with van der Waals surface area (Å²) in [5.41, 5.74) is 11.1. The summed E-state index contributed by atoms with van der Waals surface area (Å²) in [6.07, 6.45) is 6.53. The third-order valence-corrected chi connectivity index (χ3v) is 10.7. The minimum absolute atomic E-state index is 0.619. The molecule has 6 heteroatoms. The molecule has 0 amide bonds. The topological polar surface area (TPSA) is 69.6 Å². The number of oxazole rings is 1. The predicted octanol–water partition coefficient (Wildman–Crippen LogP) is 12.7. The second-order valence-electron chi connectivity index (χ2n) is 14.2. The smallest absolute Gasteiger partial charge is 0.227 e. The maximum Gasteiger partial charge on any atom is 0.227 e. The van der Waals surface area contributed by atoms with Crippen molar-refractivity contribution in [2.75, 3.05) is 0 Å². The van der Waals surface area contributed by atoms with Crippen LogP contribution >= 0.6 is 0 Å². The highest BCUT2D eigenvalue weighted by atomic mass is 16.3. The van der Waals surface area contributed by atoms with Gasteiger partial charge in [0.05, 0.1) is 11.0 Å². The molecule has 0 spiro atoms. The van der Waals surface area contributed by atoms with Crippen LogP contribution in [0.4, 0.5) is 0 Å². The summed E-state index contributed by atoms with van der Waals surface area (Å²) < 4.78 is 9.05. The molecule has 11 rings (SSSR count). The Morgan fingerprint density at radius 2 is 1.04 bits per heavy atom. The molecular formula is C50H33N5O. The van der Waals surface area contributed by atoms with Crippen molar-refractivity contribution in [2.24, 2.45) is 0 Å². The summed E-state index contributed by atoms with van der Waals surface area (Å²) >= 11 is 0. The fraction of sp³-hybridized carbons (Fsp3) is 0.0400. The van der Waals surface area contributed by atoms with Gasteiger partial charge in [0, 0.05) is 38.7 Å². The van der Waals surface area contributed by atoms with E-state index in [0.717, 1.165) is 68.3 Å². The van der Waals surface area contributed by atoms with Gasteiger partial charge in [0.1, 0.15) is 5.52 Å². The lowest BCUT2D eigenvalue weighted by Gasteiger charge is -2.17. The Balaban J connectivity index is 1.03. The summed E-state index contributed by atoms with van der Waals surface area (Å²) in [5, 5.41) is 4.73. The molecule has 0 atom stereocenters. The fourth-order valence-electron chi connectivity index (χ4n) is 7.98. The van der Waals surface area contributed by atoms with Crippen LogP contribution < -0.4 is 0 Å². The molecular weight excluding hydrogens is 687 g/mol. The van der Waals surface area contributed by atoms with Crippen LogP contribution in [0.2, 0.25) is 0 Å². The van der Waals surface area contributed by atoms with Crippen molar-refractivity contribution in [3.8, 4) is 45.6 Å². The number of hydrogen-bond donors (Lipinski definition) is 0. The zero-order valence-electron chi connectivity index (χ0n) is 30.3. The molecule has 0 radical (unpaired) electrons. The van der Waals surface area contributed by atoms with E-state index in [1.54, 1.807) is 0 Å². The molecule has 0 saturated carbocycles. The quantitative estimate of drug-likeness (QED) is 0.171. The first-order valence-electron chi connectivity index (χ1n) is 18.9. The third kappa shape index (κ3) is 5.50. The van der Waals surface area contributed by atoms with Gasteiger partial charge in [-0.1, -0.05) is 133 Å². The lowest BCUT2D eigenvalue weighted by atomic mass is 9.95. The Morgan fingerprint density at radius 1 is 0.482 bits per heavy atom. The van der Waals surface area contributed by atoms with Crippen LogP contribution in [-0.4, -0.2) is 24.5 Å². The largest absolute Gasteiger partial charge is 0.434 e. The van der Waals surface area contributed by atoms with Crippen LogP contribution in [0.5, 0.6) is 0 Å². The van der Waals surface area contributed by atoms with Crippen LogP contribution in [-0.2, 0) is 0 Å². The highest BCUT2D eigenvalue weighted by Crippen LogP contribution is 2.41. The van der Waals surface area contributed by atoms with Crippen LogP contribution in [0, 0.1) is 0 Å². The molecule has 3 aromatic heterocycles. The van der Waals surface area contributed by atoms with Gasteiger partial charge in [-0.25, -0.2) is 19.9 Å². The Bertz CT molecular complexity index is 3100. The number of nitrogens with zero attached hydrogens (tertiary/aromatic N) is 5. The van der Waals surface area contributed by atoms with E-state index in [1.807, 2.05) is 91.0 Å². The van der Waals surface area contributed by atoms with Gasteiger partial charge in [0.25, 0.3) is 0 Å². The summed E-state index contributed by atoms with van der Waals surface area (Å²) in [6, 6.07) is 56.4. The summed E-state index contributed by atoms with van der Waals surface area (Å²) in [6.45, 7) is 0. The maximum absolute atomic E-state index is 6.67. The van der Waals surface area contributed by atoms with Crippen LogP contribution in [0.3, 0.4) is 0 Å². The molecule has 3 heterocycles. The van der Waals surface area contributed by atoms with Crippen LogP contribution in [0.25, 0.3) is 101 Å². The predicted molar refractivity (Wildman–Crippen MR) is 228 cm³/mol. The van der Waals surface area contributed by atoms with Gasteiger partial charge < -0.3 is 8.98 Å². The molecule has 10 aromatic rings. The molecule has 7 aromatic carbocycles. The van der Waals surface area contributed by atoms with E-state index < -0.39 is 0 Å². The summed E-state index contributed by atoms with van der Waals surface area (Å²) in [4.78, 5) is 19.7. The van der Waals surface area contributed by atoms with Crippen molar-refractivity contribution in [1.82, 2.24) is 24.5 Å². The molecule has 0 bridgehead atoms. The lowest BCUT2D eigenvalue weighted by Crippen LogP contribution is -2.01. The Hall–Kier alpha value is -7.44. The number of allylic oxidation sites excluding steroid dienone is 4. The fourth-order valence-corrected chi connectivity index (χ4v) is 7.98. The number of fused-ring (bicyclic) bond motifs is 6. The van der Waals surface area contributed by atoms with Crippen LogP contribution in [0.15, 0.2) is 180 Å². The average Bonchev–Trinajstić information content (AvgIpc) is 3.86. The molecule has 0 fully saturated rings. The van der Waals surface area contributed by atoms with Crippen LogP contribution in [0.1, 0.15) is 18.4 Å². The second-order valence-corrected chi connectivity index (χ2v) is 14.2. The molecule has 0 saturated heterocycles. The standard InChI is InChI=1S/C50H33N5O/c1-4-13-33(14-5-1)47-52-48(34-15-6-2-7-16-34)54-49(53-47)35-25-23-32(24-26-35)37-21-12-22-40(29-37)55-44-31-39-20-11-10-19-38(39)30-42(44)41-27-28-43-46(45(41)55)56-50(51-43)36-17-8-3-9-18-36/h1-11,13-20,22-31H,12,21H2. The number of rotatable bonds is 6. The first-order valence-corrected chi connectivity index (χ1v) is 18.9. The molecule has 1 aliphatic rings. The minimum atomic E-state index is 0.619. The molecule has 56 heavy (non-hydrogen) atoms. The molecule has 0 aliphatic heterocycles. The maximum atomic E-state index is 6.67. The van der Waals surface area contributed by atoms with Crippen molar-refractivity contribution >= 4 is 54.9 Å². The van der Waals surface area contributed by atoms with Gasteiger partial charge in [0.2, 0.25) is 5.89 Å². The Morgan fingerprint density at radius 3 is 1.68 bits per heavy atom. The Labute approximate surface area is 322 Å². The SMILES string of the molecule is C1=C(c2ccc(-c3nc(-c4ccccc4)nc(-c4ccccc4)n3)cc2)CCC=C1n1c2cc3ccccc3cc2c2ccc3nc(-c4ccccc4)oc3c21. The minimum Gasteiger partial charge on any atom is -0.434 e. The van der Waals surface area contributed by atoms with E-state index in [-0.39, 0.29) is 0 Å². The van der Waals surface area contributed by atoms with Crippen molar-refractivity contribution in [1.29, 1.82) is 0 Å². The second kappa shape index (κ2) is 13.1. The van der Waals surface area contributed by atoms with E-state index in [0.29, 0.717) is 23.4 Å². The normalized spacial score (nSPS) is 13.1. The first-order chi connectivity index (χ1) is 27.7. The highest BCUT2D eigenvalue weighted by Gasteiger charge is 2.22. The molecule has 1 aliphatic carbocycles. The third-order valence-electron chi connectivity index (χ3n) is 10.7. The molecule has 6 nitrogen and oxygen atoms in total. The van der Waals surface area contributed by atoms with E-state index in [9.17, 15) is 0 Å². The summed E-state index contributed by atoms with van der Waals surface area (Å²) in [5.74, 6) is 2.57. The van der Waals surface area contributed by atoms with Gasteiger partial charge in [0.15, 0.2) is 23.1 Å². The van der Waals surface area contributed by atoms with Gasteiger partial charge in [-0.05, 0) is 77.2 Å². The molecule has 0 N–H and O–H groups in total. The Kier molecular flexibility index (Phi) is 7.52. The number of benzene rings is 7. The van der Waals surface area contributed by atoms with E-state index >= 15 is 0 Å². The van der Waals surface area contributed by atoms with Gasteiger partial charge in [-0.3, -0.25) is 0 Å². The first kappa shape index (κ1) is 32.0. The van der Waals surface area contributed by atoms with Crippen molar-refractivity contribution in [3.63, 3.8) is 0 Å². The lowest BCUT2D eigenvalue weighted by molar-refractivity contribution is 0.622. The van der Waals surface area contributed by atoms with E-state index in [1.165, 1.54) is 27.3 Å². The number of aromatic nitrogens is 5. The van der Waals surface area contributed by atoms with Crippen molar-refractivity contribution in [3.05, 3.63) is 182 Å². The van der Waals surface area contributed by atoms with E-state index in [4.69, 9.17) is 24.4 Å². The summed E-state index contributed by atoms with van der Waals surface area (Å²) in [7, 11) is 0. The van der Waals surface area contributed by atoms with Gasteiger partial charge in [-0.15, -0.1) is 0 Å². The monoisotopic (exact) mass is 719 g/mol. The van der Waals surface area contributed by atoms with Crippen molar-refractivity contribution < 1.29 is 4.42 Å². The average molecular weight is 720 g/mol. The van der Waals surface area contributed by atoms with Crippen molar-refractivity contribution in [2.45, 2.75) is 12.8 Å². The van der Waals surface area contributed by atoms with Gasteiger partial charge >= 0.3 is 0 Å². The van der Waals surface area contributed by atoms with Gasteiger partial charge in [-0.2, -0.15) is 0 Å². The highest BCUT2D eigenvalue weighted by molar-refractivity contribution is 6.20. The number of hydrogen-bond acceptors (Lipinski definition) is 5. The zero-order valence-corrected chi connectivity index (χ0v) is 30.3.